The number of ether oxygens (including phenoxy) is 1. The van der Waals surface area contributed by atoms with E-state index in [0.29, 0.717) is 13.1 Å². The van der Waals surface area contributed by atoms with Gasteiger partial charge in [0.2, 0.25) is 0 Å². The van der Waals surface area contributed by atoms with E-state index >= 15 is 0 Å². The standard InChI is InChI=1S/C22H34N4O3/c1-3-4-5-6-7-8-18(29-2)16-21-24-19-15-17(10-12-22(27)25-28)9-11-20(19)26(21)14-13-23/h9-12,15,18,28H,3-8,13-14,16,23H2,1-2H3,(H,25,27). The number of imidazole rings is 1. The molecule has 0 saturated carbocycles. The highest BCUT2D eigenvalue weighted by atomic mass is 16.5. The molecule has 0 aliphatic carbocycles. The summed E-state index contributed by atoms with van der Waals surface area (Å²) in [6.45, 7) is 3.45. The summed E-state index contributed by atoms with van der Waals surface area (Å²) in [5.74, 6) is 0.404. The highest BCUT2D eigenvalue weighted by molar-refractivity contribution is 5.91. The second kappa shape index (κ2) is 12.4. The third-order valence-corrected chi connectivity index (χ3v) is 5.11. The van der Waals surface area contributed by atoms with E-state index in [4.69, 9.17) is 20.7 Å². The fourth-order valence-electron chi connectivity index (χ4n) is 3.53. The average molecular weight is 403 g/mol. The molecular formula is C22H34N4O3. The molecule has 1 heterocycles. The van der Waals surface area contributed by atoms with Crippen molar-refractivity contribution >= 4 is 23.0 Å². The lowest BCUT2D eigenvalue weighted by atomic mass is 10.1. The fraction of sp³-hybridized carbons (Fsp3) is 0.545. The normalized spacial score (nSPS) is 12.7. The Kier molecular flexibility index (Phi) is 9.83. The van der Waals surface area contributed by atoms with Gasteiger partial charge in [-0.3, -0.25) is 10.0 Å². The second-order valence-electron chi connectivity index (χ2n) is 7.29. The van der Waals surface area contributed by atoms with Gasteiger partial charge in [-0.25, -0.2) is 10.5 Å². The van der Waals surface area contributed by atoms with Crippen LogP contribution in [0.3, 0.4) is 0 Å². The van der Waals surface area contributed by atoms with Crippen LogP contribution in [-0.4, -0.2) is 40.4 Å². The summed E-state index contributed by atoms with van der Waals surface area (Å²) >= 11 is 0. The van der Waals surface area contributed by atoms with Gasteiger partial charge in [-0.1, -0.05) is 45.1 Å². The van der Waals surface area contributed by atoms with Crippen LogP contribution < -0.4 is 11.2 Å². The van der Waals surface area contributed by atoms with Gasteiger partial charge in [0.25, 0.3) is 5.91 Å². The first kappa shape index (κ1) is 23.1. The first-order valence-corrected chi connectivity index (χ1v) is 10.5. The average Bonchev–Trinajstić information content (AvgIpc) is 3.07. The molecule has 1 aromatic heterocycles. The van der Waals surface area contributed by atoms with E-state index in [1.54, 1.807) is 18.7 Å². The zero-order chi connectivity index (χ0) is 21.1. The smallest absolute Gasteiger partial charge is 0.267 e. The molecule has 7 heteroatoms. The molecule has 2 rings (SSSR count). The summed E-state index contributed by atoms with van der Waals surface area (Å²) < 4.78 is 7.89. The molecule has 0 bridgehead atoms. The molecule has 0 spiro atoms. The zero-order valence-electron chi connectivity index (χ0n) is 17.6. The van der Waals surface area contributed by atoms with Crippen molar-refractivity contribution in [1.29, 1.82) is 0 Å². The van der Waals surface area contributed by atoms with Gasteiger partial charge < -0.3 is 15.0 Å². The van der Waals surface area contributed by atoms with Gasteiger partial charge in [0, 0.05) is 32.7 Å². The number of unbranched alkanes of at least 4 members (excludes halogenated alkanes) is 4. The number of fused-ring (bicyclic) bond motifs is 1. The SMILES string of the molecule is CCCCCCCC(Cc1nc2cc(C=CC(=O)NO)ccc2n1CCN)OC. The van der Waals surface area contributed by atoms with E-state index in [1.807, 2.05) is 18.2 Å². The Morgan fingerprint density at radius 2 is 2.14 bits per heavy atom. The lowest BCUT2D eigenvalue weighted by Gasteiger charge is -2.16. The maximum Gasteiger partial charge on any atom is 0.267 e. The molecule has 4 N–H and O–H groups in total. The predicted molar refractivity (Wildman–Crippen MR) is 116 cm³/mol. The molecule has 7 nitrogen and oxygen atoms in total. The van der Waals surface area contributed by atoms with Gasteiger partial charge in [0.05, 0.1) is 17.1 Å². The minimum absolute atomic E-state index is 0.137. The third kappa shape index (κ3) is 6.96. The number of nitrogens with zero attached hydrogens (tertiary/aromatic N) is 2. The Bertz CT molecular complexity index is 801. The number of methoxy groups -OCH3 is 1. The molecule has 1 aromatic carbocycles. The Morgan fingerprint density at radius 3 is 2.83 bits per heavy atom. The Labute approximate surface area is 172 Å². The number of rotatable bonds is 13. The molecule has 29 heavy (non-hydrogen) atoms. The molecule has 0 fully saturated rings. The van der Waals surface area contributed by atoms with E-state index in [-0.39, 0.29) is 6.10 Å². The van der Waals surface area contributed by atoms with Crippen LogP contribution in [0.15, 0.2) is 24.3 Å². The lowest BCUT2D eigenvalue weighted by Crippen LogP contribution is -2.19. The number of hydrogen-bond acceptors (Lipinski definition) is 5. The van der Waals surface area contributed by atoms with Gasteiger partial charge in [0.1, 0.15) is 5.82 Å². The summed E-state index contributed by atoms with van der Waals surface area (Å²) in [6.07, 6.45) is 11.1. The van der Waals surface area contributed by atoms with Crippen LogP contribution in [0.25, 0.3) is 17.1 Å². The fourth-order valence-corrected chi connectivity index (χ4v) is 3.53. The molecule has 2 aromatic rings. The number of carbonyl (C=O) groups excluding carboxylic acids is 1. The van der Waals surface area contributed by atoms with Crippen molar-refractivity contribution in [3.8, 4) is 0 Å². The van der Waals surface area contributed by atoms with Gasteiger partial charge in [-0.2, -0.15) is 0 Å². The molecular weight excluding hydrogens is 368 g/mol. The van der Waals surface area contributed by atoms with Crippen LogP contribution >= 0.6 is 0 Å². The molecule has 160 valence electrons. The van der Waals surface area contributed by atoms with E-state index in [1.165, 1.54) is 31.8 Å². The van der Waals surface area contributed by atoms with Crippen LogP contribution in [0.5, 0.6) is 0 Å². The van der Waals surface area contributed by atoms with Gasteiger partial charge in [-0.05, 0) is 30.2 Å². The number of benzene rings is 1. The quantitative estimate of drug-likeness (QED) is 0.206. The van der Waals surface area contributed by atoms with E-state index in [2.05, 4.69) is 11.5 Å². The molecule has 0 radical (unpaired) electrons. The van der Waals surface area contributed by atoms with Crippen molar-refractivity contribution in [1.82, 2.24) is 15.0 Å². The largest absolute Gasteiger partial charge is 0.381 e. The third-order valence-electron chi connectivity index (χ3n) is 5.11. The maximum absolute atomic E-state index is 11.2. The van der Waals surface area contributed by atoms with Crippen molar-refractivity contribution in [3.05, 3.63) is 35.7 Å². The van der Waals surface area contributed by atoms with Gasteiger partial charge in [0.15, 0.2) is 0 Å². The minimum Gasteiger partial charge on any atom is -0.381 e. The first-order chi connectivity index (χ1) is 14.1. The number of hydroxylamine groups is 1. The van der Waals surface area contributed by atoms with Gasteiger partial charge >= 0.3 is 0 Å². The topological polar surface area (TPSA) is 102 Å². The molecule has 1 atom stereocenters. The number of nitrogens with two attached hydrogens (primary N) is 1. The van der Waals surface area contributed by atoms with Crippen LogP contribution in [0.4, 0.5) is 0 Å². The van der Waals surface area contributed by atoms with Crippen molar-refractivity contribution in [3.63, 3.8) is 0 Å². The van der Waals surface area contributed by atoms with Crippen molar-refractivity contribution in [2.24, 2.45) is 5.73 Å². The number of aromatic nitrogens is 2. The second-order valence-corrected chi connectivity index (χ2v) is 7.29. The predicted octanol–water partition coefficient (Wildman–Crippen LogP) is 3.43. The molecule has 0 aliphatic heterocycles. The van der Waals surface area contributed by atoms with Crippen LogP contribution in [0.1, 0.15) is 56.8 Å². The summed E-state index contributed by atoms with van der Waals surface area (Å²) in [7, 11) is 1.77. The summed E-state index contributed by atoms with van der Waals surface area (Å²) in [5, 5.41) is 8.60. The highest BCUT2D eigenvalue weighted by Gasteiger charge is 2.16. The number of hydrogen-bond donors (Lipinski definition) is 3. The maximum atomic E-state index is 11.2. The monoisotopic (exact) mass is 402 g/mol. The molecule has 1 amide bonds. The summed E-state index contributed by atoms with van der Waals surface area (Å²) in [5.41, 5.74) is 10.1. The van der Waals surface area contributed by atoms with Crippen molar-refractivity contribution in [2.75, 3.05) is 13.7 Å². The van der Waals surface area contributed by atoms with E-state index in [9.17, 15) is 4.79 Å². The Morgan fingerprint density at radius 1 is 1.34 bits per heavy atom. The summed E-state index contributed by atoms with van der Waals surface area (Å²) in [6, 6.07) is 5.84. The summed E-state index contributed by atoms with van der Waals surface area (Å²) in [4.78, 5) is 16.0. The van der Waals surface area contributed by atoms with Crippen LogP contribution in [0.2, 0.25) is 0 Å². The van der Waals surface area contributed by atoms with Gasteiger partial charge in [-0.15, -0.1) is 0 Å². The number of carbonyl (C=O) groups is 1. The molecule has 0 aliphatic rings. The van der Waals surface area contributed by atoms with Crippen molar-refractivity contribution in [2.45, 2.75) is 64.5 Å². The lowest BCUT2D eigenvalue weighted by molar-refractivity contribution is -0.124. The number of nitrogens with one attached hydrogen (secondary N) is 1. The van der Waals surface area contributed by atoms with Crippen LogP contribution in [-0.2, 0) is 22.5 Å². The Balaban J connectivity index is 2.16. The van der Waals surface area contributed by atoms with Crippen LogP contribution in [0, 0.1) is 0 Å². The van der Waals surface area contributed by atoms with E-state index < -0.39 is 5.91 Å². The first-order valence-electron chi connectivity index (χ1n) is 10.5. The Hall–Kier alpha value is -2.22. The van der Waals surface area contributed by atoms with Crippen molar-refractivity contribution < 1.29 is 14.7 Å². The molecule has 0 saturated heterocycles. The number of amides is 1. The highest BCUT2D eigenvalue weighted by Crippen LogP contribution is 2.21. The zero-order valence-corrected chi connectivity index (χ0v) is 17.6. The van der Waals surface area contributed by atoms with E-state index in [0.717, 1.165) is 41.7 Å². The minimum atomic E-state index is -0.568. The molecule has 1 unspecified atom stereocenters.